The summed E-state index contributed by atoms with van der Waals surface area (Å²) >= 11 is 1.57. The van der Waals surface area contributed by atoms with Gasteiger partial charge < -0.3 is 0 Å². The van der Waals surface area contributed by atoms with Crippen LogP contribution in [0.3, 0.4) is 0 Å². The highest BCUT2D eigenvalue weighted by atomic mass is 32.2. The second-order valence-corrected chi connectivity index (χ2v) is 2.96. The second-order valence-electron chi connectivity index (χ2n) is 2.10. The van der Waals surface area contributed by atoms with Gasteiger partial charge in [0.15, 0.2) is 0 Å². The number of hydrogen-bond donors (Lipinski definition) is 0. The van der Waals surface area contributed by atoms with E-state index < -0.39 is 0 Å². The van der Waals surface area contributed by atoms with E-state index >= 15 is 0 Å². The summed E-state index contributed by atoms with van der Waals surface area (Å²) < 4.78 is 2.03. The molecule has 0 saturated carbocycles. The van der Waals surface area contributed by atoms with Gasteiger partial charge in [-0.1, -0.05) is 6.07 Å². The van der Waals surface area contributed by atoms with Gasteiger partial charge >= 0.3 is 0 Å². The summed E-state index contributed by atoms with van der Waals surface area (Å²) in [6.45, 7) is 0.710. The van der Waals surface area contributed by atoms with E-state index in [0.717, 1.165) is 5.82 Å². The Bertz CT molecular complexity index is 252. The van der Waals surface area contributed by atoms with E-state index in [2.05, 4.69) is 9.98 Å². The monoisotopic (exact) mass is 165 g/mol. The summed E-state index contributed by atoms with van der Waals surface area (Å²) in [5.74, 6) is 0.968. The van der Waals surface area contributed by atoms with Crippen LogP contribution < -0.4 is 4.31 Å². The van der Waals surface area contributed by atoms with E-state index in [4.69, 9.17) is 0 Å². The molecule has 0 saturated heterocycles. The van der Waals surface area contributed by atoms with Crippen molar-refractivity contribution in [3.8, 4) is 0 Å². The number of hydrogen-bond acceptors (Lipinski definition) is 4. The summed E-state index contributed by atoms with van der Waals surface area (Å²) in [5.41, 5.74) is 1.83. The first-order valence-corrected chi connectivity index (χ1v) is 4.14. The fourth-order valence-electron chi connectivity index (χ4n) is 0.859. The Morgan fingerprint density at radius 3 is 3.09 bits per heavy atom. The van der Waals surface area contributed by atoms with Crippen molar-refractivity contribution in [1.82, 2.24) is 4.98 Å². The Morgan fingerprint density at radius 1 is 1.45 bits per heavy atom. The molecule has 3 nitrogen and oxygen atoms in total. The van der Waals surface area contributed by atoms with Crippen LogP contribution in [0.1, 0.15) is 0 Å². The Morgan fingerprint density at radius 2 is 2.45 bits per heavy atom. The number of nitrogens with zero attached hydrogens (tertiary/aromatic N) is 3. The maximum absolute atomic E-state index is 4.19. The van der Waals surface area contributed by atoms with Crippen LogP contribution in [0.4, 0.5) is 5.82 Å². The molecule has 0 amide bonds. The molecule has 0 N–H and O–H groups in total. The Hall–Kier alpha value is -1.03. The molecular formula is C7H7N3S. The average Bonchev–Trinajstić information content (AvgIpc) is 2.58. The van der Waals surface area contributed by atoms with Crippen molar-refractivity contribution < 1.29 is 0 Å². The zero-order valence-corrected chi connectivity index (χ0v) is 6.66. The highest BCUT2D eigenvalue weighted by molar-refractivity contribution is 8.13. The lowest BCUT2D eigenvalue weighted by molar-refractivity contribution is 1.05. The standard InChI is InChI=1S/C7H7N3S/c1-2-4-9-7(3-1)10-5-8-6-11-10/h1-4,6H,5H2. The molecular weight excluding hydrogens is 158 g/mol. The molecule has 0 spiro atoms. The van der Waals surface area contributed by atoms with Crippen molar-refractivity contribution in [3.05, 3.63) is 24.4 Å². The Labute approximate surface area is 69.3 Å². The molecule has 2 rings (SSSR count). The first-order valence-electron chi connectivity index (χ1n) is 3.30. The van der Waals surface area contributed by atoms with Crippen LogP contribution in [0.15, 0.2) is 29.4 Å². The van der Waals surface area contributed by atoms with E-state index in [9.17, 15) is 0 Å². The van der Waals surface area contributed by atoms with Crippen LogP contribution in [0.5, 0.6) is 0 Å². The molecule has 0 aliphatic carbocycles. The van der Waals surface area contributed by atoms with E-state index in [-0.39, 0.29) is 0 Å². The van der Waals surface area contributed by atoms with Crippen LogP contribution >= 0.6 is 11.9 Å². The minimum absolute atomic E-state index is 0.710. The molecule has 2 heterocycles. The molecule has 0 radical (unpaired) electrons. The summed E-state index contributed by atoms with van der Waals surface area (Å²) in [4.78, 5) is 8.25. The lowest BCUT2D eigenvalue weighted by Crippen LogP contribution is -2.10. The van der Waals surface area contributed by atoms with E-state index in [1.54, 1.807) is 18.1 Å². The molecule has 0 fully saturated rings. The predicted molar refractivity (Wildman–Crippen MR) is 47.7 cm³/mol. The van der Waals surface area contributed by atoms with Gasteiger partial charge in [0.1, 0.15) is 12.5 Å². The van der Waals surface area contributed by atoms with Gasteiger partial charge in [0.05, 0.1) is 5.55 Å². The predicted octanol–water partition coefficient (Wildman–Crippen LogP) is 1.54. The maximum Gasteiger partial charge on any atom is 0.140 e. The largest absolute Gasteiger partial charge is 0.274 e. The van der Waals surface area contributed by atoms with E-state index in [1.165, 1.54) is 0 Å². The fraction of sp³-hybridized carbons (Fsp3) is 0.143. The number of aromatic nitrogens is 1. The molecule has 1 aromatic rings. The molecule has 0 bridgehead atoms. The van der Waals surface area contributed by atoms with Crippen LogP contribution in [0.2, 0.25) is 0 Å². The third-order valence-corrected chi connectivity index (χ3v) is 2.16. The van der Waals surface area contributed by atoms with Crippen LogP contribution in [-0.2, 0) is 0 Å². The smallest absolute Gasteiger partial charge is 0.140 e. The highest BCUT2D eigenvalue weighted by Crippen LogP contribution is 2.20. The maximum atomic E-state index is 4.19. The molecule has 0 unspecified atom stereocenters. The zero-order chi connectivity index (χ0) is 7.52. The van der Waals surface area contributed by atoms with Crippen molar-refractivity contribution in [1.29, 1.82) is 0 Å². The summed E-state index contributed by atoms with van der Waals surface area (Å²) in [6.07, 6.45) is 1.79. The molecule has 0 atom stereocenters. The van der Waals surface area contributed by atoms with Crippen LogP contribution in [-0.4, -0.2) is 17.2 Å². The number of aliphatic imine (C=N–C) groups is 1. The van der Waals surface area contributed by atoms with Gasteiger partial charge in [0.2, 0.25) is 0 Å². The molecule has 1 aliphatic heterocycles. The van der Waals surface area contributed by atoms with Gasteiger partial charge in [-0.3, -0.25) is 9.30 Å². The van der Waals surface area contributed by atoms with Gasteiger partial charge in [0.25, 0.3) is 0 Å². The highest BCUT2D eigenvalue weighted by Gasteiger charge is 2.09. The van der Waals surface area contributed by atoms with Crippen LogP contribution in [0, 0.1) is 0 Å². The number of rotatable bonds is 1. The van der Waals surface area contributed by atoms with Gasteiger partial charge in [-0.05, 0) is 12.1 Å². The average molecular weight is 165 g/mol. The fourth-order valence-corrected chi connectivity index (χ4v) is 1.46. The first-order chi connectivity index (χ1) is 5.47. The lowest BCUT2D eigenvalue weighted by atomic mass is 10.5. The molecule has 1 aromatic heterocycles. The number of pyridine rings is 1. The number of anilines is 1. The Balaban J connectivity index is 2.17. The van der Waals surface area contributed by atoms with Crippen molar-refractivity contribution in [2.24, 2.45) is 4.99 Å². The van der Waals surface area contributed by atoms with Crippen molar-refractivity contribution in [2.75, 3.05) is 11.0 Å². The Kier molecular flexibility index (Phi) is 1.77. The van der Waals surface area contributed by atoms with Crippen LogP contribution in [0.25, 0.3) is 0 Å². The van der Waals surface area contributed by atoms with Gasteiger partial charge in [0, 0.05) is 18.1 Å². The molecule has 11 heavy (non-hydrogen) atoms. The van der Waals surface area contributed by atoms with Crippen molar-refractivity contribution >= 4 is 23.3 Å². The summed E-state index contributed by atoms with van der Waals surface area (Å²) in [6, 6.07) is 5.86. The van der Waals surface area contributed by atoms with Crippen molar-refractivity contribution in [3.63, 3.8) is 0 Å². The first kappa shape index (κ1) is 6.67. The minimum atomic E-state index is 0.710. The van der Waals surface area contributed by atoms with Gasteiger partial charge in [-0.2, -0.15) is 0 Å². The molecule has 4 heteroatoms. The minimum Gasteiger partial charge on any atom is -0.274 e. The molecule has 0 aromatic carbocycles. The topological polar surface area (TPSA) is 28.5 Å². The summed E-state index contributed by atoms with van der Waals surface area (Å²) in [5, 5.41) is 0. The second kappa shape index (κ2) is 2.92. The third kappa shape index (κ3) is 1.35. The molecule has 1 aliphatic rings. The van der Waals surface area contributed by atoms with Gasteiger partial charge in [-0.25, -0.2) is 4.98 Å². The van der Waals surface area contributed by atoms with E-state index in [1.807, 2.05) is 28.1 Å². The zero-order valence-electron chi connectivity index (χ0n) is 5.84. The lowest BCUT2D eigenvalue weighted by Gasteiger charge is -2.11. The summed E-state index contributed by atoms with van der Waals surface area (Å²) in [7, 11) is 0. The SMILES string of the molecule is C1=NCN(c2ccccn2)S1. The quantitative estimate of drug-likeness (QED) is 0.591. The van der Waals surface area contributed by atoms with Gasteiger partial charge in [-0.15, -0.1) is 0 Å². The van der Waals surface area contributed by atoms with Crippen molar-refractivity contribution in [2.45, 2.75) is 0 Å². The normalized spacial score (nSPS) is 15.8. The molecule has 56 valence electrons. The van der Waals surface area contributed by atoms with E-state index in [0.29, 0.717) is 6.67 Å². The third-order valence-electron chi connectivity index (χ3n) is 1.36.